The first-order valence-corrected chi connectivity index (χ1v) is 18.2. The first-order chi connectivity index (χ1) is 18.3. The maximum atomic E-state index is 12.7. The summed E-state index contributed by atoms with van der Waals surface area (Å²) in [6, 6.07) is 5.00. The molecular weight excluding hydrogens is 555 g/mol. The smallest absolute Gasteiger partial charge is 0.250 e. The zero-order chi connectivity index (χ0) is 28.4. The quantitative estimate of drug-likeness (QED) is 0.197. The minimum absolute atomic E-state index is 0.0694. The van der Waals surface area contributed by atoms with Crippen LogP contribution in [0.25, 0.3) is 10.7 Å². The molecular formula is C25H31N7O4S2Si. The van der Waals surface area contributed by atoms with Gasteiger partial charge in [-0.1, -0.05) is 25.6 Å². The summed E-state index contributed by atoms with van der Waals surface area (Å²) in [7, 11) is -5.47. The number of hydrogen-bond acceptors (Lipinski definition) is 9. The van der Waals surface area contributed by atoms with Crippen LogP contribution in [0, 0.1) is 11.5 Å². The van der Waals surface area contributed by atoms with Gasteiger partial charge in [-0.15, -0.1) is 22.0 Å². The number of hydrogen-bond donors (Lipinski definition) is 3. The highest BCUT2D eigenvalue weighted by Gasteiger charge is 2.29. The fourth-order valence-electron chi connectivity index (χ4n) is 3.52. The van der Waals surface area contributed by atoms with Gasteiger partial charge in [-0.05, 0) is 25.0 Å². The fraction of sp³-hybridized carbons (Fsp3) is 0.400. The number of nitrogens with zero attached hydrogens (tertiary/aromatic N) is 4. The number of amides is 1. The van der Waals surface area contributed by atoms with E-state index < -0.39 is 18.1 Å². The standard InChI is InChI=1S/C25H31N7O4S2Si/c1-16(33)26-11-12-28-38(35,36)23-9-8-21(37-23)25-27-15-19(10-13-39(3,4)5)24(30-25)29-22-14-20(18-6-7-18)32(31-22)17(2)34/h8-9,14-15,18,28H,6-7,11-12H2,1-5H3,(H,26,33)(H,27,29,30,31). The number of sulfonamides is 1. The minimum atomic E-state index is -3.77. The van der Waals surface area contributed by atoms with E-state index in [9.17, 15) is 18.0 Å². The molecule has 3 heterocycles. The molecule has 0 radical (unpaired) electrons. The lowest BCUT2D eigenvalue weighted by molar-refractivity contribution is -0.118. The van der Waals surface area contributed by atoms with Gasteiger partial charge in [0.25, 0.3) is 0 Å². The molecule has 14 heteroatoms. The molecule has 3 N–H and O–H groups in total. The van der Waals surface area contributed by atoms with Gasteiger partial charge >= 0.3 is 0 Å². The Balaban J connectivity index is 1.64. The number of nitrogens with one attached hydrogen (secondary N) is 3. The van der Waals surface area contributed by atoms with E-state index >= 15 is 0 Å². The Morgan fingerprint density at radius 1 is 1.18 bits per heavy atom. The highest BCUT2D eigenvalue weighted by Crippen LogP contribution is 2.41. The largest absolute Gasteiger partial charge is 0.355 e. The Bertz CT molecular complexity index is 1580. The summed E-state index contributed by atoms with van der Waals surface area (Å²) in [5.41, 5.74) is 4.77. The summed E-state index contributed by atoms with van der Waals surface area (Å²) in [6.45, 7) is 9.51. The van der Waals surface area contributed by atoms with Crippen molar-refractivity contribution in [2.45, 2.75) is 56.5 Å². The molecule has 11 nitrogen and oxygen atoms in total. The van der Waals surface area contributed by atoms with Gasteiger partial charge in [0.2, 0.25) is 21.8 Å². The fourth-order valence-corrected chi connectivity index (χ4v) is 6.36. The molecule has 0 aliphatic heterocycles. The predicted octanol–water partition coefficient (Wildman–Crippen LogP) is 3.33. The van der Waals surface area contributed by atoms with E-state index in [-0.39, 0.29) is 29.1 Å². The summed E-state index contributed by atoms with van der Waals surface area (Å²) < 4.78 is 29.4. The third-order valence-electron chi connectivity index (χ3n) is 5.50. The van der Waals surface area contributed by atoms with Crippen molar-refractivity contribution in [1.82, 2.24) is 29.8 Å². The molecule has 3 aromatic rings. The summed E-state index contributed by atoms with van der Waals surface area (Å²) in [5, 5.41) is 10.2. The van der Waals surface area contributed by atoms with Gasteiger partial charge in [0.15, 0.2) is 17.5 Å². The second-order valence-corrected chi connectivity index (χ2v) is 18.1. The first-order valence-electron chi connectivity index (χ1n) is 12.4. The third-order valence-corrected chi connectivity index (χ3v) is 9.40. The first kappa shape index (κ1) is 28.6. The minimum Gasteiger partial charge on any atom is -0.355 e. The molecule has 0 spiro atoms. The van der Waals surface area contributed by atoms with E-state index in [1.807, 2.05) is 6.07 Å². The van der Waals surface area contributed by atoms with Gasteiger partial charge in [0.05, 0.1) is 16.1 Å². The molecule has 1 fully saturated rings. The maximum Gasteiger partial charge on any atom is 0.250 e. The molecule has 0 atom stereocenters. The van der Waals surface area contributed by atoms with Crippen LogP contribution < -0.4 is 15.4 Å². The molecule has 206 valence electrons. The lowest BCUT2D eigenvalue weighted by atomic mass is 10.3. The number of anilines is 2. The van der Waals surface area contributed by atoms with Crippen LogP contribution in [0.3, 0.4) is 0 Å². The number of carbonyl (C=O) groups is 2. The number of carbonyl (C=O) groups excluding carboxylic acids is 2. The van der Waals surface area contributed by atoms with Crippen molar-refractivity contribution in [3.05, 3.63) is 35.7 Å². The molecule has 0 aromatic carbocycles. The molecule has 0 bridgehead atoms. The van der Waals surface area contributed by atoms with Crippen LogP contribution in [0.2, 0.25) is 19.6 Å². The van der Waals surface area contributed by atoms with E-state index in [1.54, 1.807) is 12.3 Å². The van der Waals surface area contributed by atoms with Crippen molar-refractivity contribution in [2.75, 3.05) is 18.4 Å². The molecule has 0 saturated heterocycles. The Morgan fingerprint density at radius 3 is 2.56 bits per heavy atom. The van der Waals surface area contributed by atoms with Crippen molar-refractivity contribution in [1.29, 1.82) is 0 Å². The third kappa shape index (κ3) is 7.60. The van der Waals surface area contributed by atoms with Crippen LogP contribution in [0.4, 0.5) is 11.6 Å². The molecule has 1 saturated carbocycles. The van der Waals surface area contributed by atoms with Crippen LogP contribution in [-0.2, 0) is 14.8 Å². The van der Waals surface area contributed by atoms with Crippen molar-refractivity contribution in [2.24, 2.45) is 0 Å². The SMILES string of the molecule is CC(=O)NCCNS(=O)(=O)c1ccc(-c2ncc(C#C[Si](C)(C)C)c(Nc3cc(C4CC4)n(C(C)=O)n3)n2)s1. The molecule has 1 aliphatic carbocycles. The van der Waals surface area contributed by atoms with Crippen molar-refractivity contribution in [3.8, 4) is 22.2 Å². The van der Waals surface area contributed by atoms with Gasteiger partial charge in [0, 0.05) is 45.1 Å². The average molecular weight is 586 g/mol. The predicted molar refractivity (Wildman–Crippen MR) is 153 cm³/mol. The Hall–Kier alpha value is -3.38. The topological polar surface area (TPSA) is 148 Å². The number of thiophene rings is 1. The number of aromatic nitrogens is 4. The van der Waals surface area contributed by atoms with Gasteiger partial charge in [0.1, 0.15) is 12.3 Å². The molecule has 3 aromatic heterocycles. The average Bonchev–Trinajstić information content (AvgIpc) is 3.40. The molecule has 0 unspecified atom stereocenters. The Kier molecular flexibility index (Phi) is 8.36. The van der Waals surface area contributed by atoms with E-state index in [2.05, 4.69) is 61.5 Å². The zero-order valence-corrected chi connectivity index (χ0v) is 25.1. The summed E-state index contributed by atoms with van der Waals surface area (Å²) >= 11 is 1.03. The molecule has 39 heavy (non-hydrogen) atoms. The number of rotatable bonds is 9. The zero-order valence-electron chi connectivity index (χ0n) is 22.5. The van der Waals surface area contributed by atoms with E-state index in [0.29, 0.717) is 33.8 Å². The van der Waals surface area contributed by atoms with Crippen LogP contribution in [0.1, 0.15) is 48.7 Å². The lowest BCUT2D eigenvalue weighted by Crippen LogP contribution is -2.33. The lowest BCUT2D eigenvalue weighted by Gasteiger charge is -2.08. The van der Waals surface area contributed by atoms with Crippen LogP contribution in [-0.4, -0.2) is 61.1 Å². The highest BCUT2D eigenvalue weighted by molar-refractivity contribution is 7.91. The molecule has 1 aliphatic rings. The second kappa shape index (κ2) is 11.4. The summed E-state index contributed by atoms with van der Waals surface area (Å²) in [6.07, 6.45) is 3.66. The van der Waals surface area contributed by atoms with Crippen LogP contribution in [0.15, 0.2) is 28.6 Å². The maximum absolute atomic E-state index is 12.7. The van der Waals surface area contributed by atoms with E-state index in [0.717, 1.165) is 29.9 Å². The molecule has 4 rings (SSSR count). The van der Waals surface area contributed by atoms with Gasteiger partial charge in [-0.3, -0.25) is 9.59 Å². The Morgan fingerprint density at radius 2 is 1.92 bits per heavy atom. The monoisotopic (exact) mass is 585 g/mol. The van der Waals surface area contributed by atoms with E-state index in [4.69, 9.17) is 0 Å². The van der Waals surface area contributed by atoms with E-state index in [1.165, 1.54) is 24.6 Å². The van der Waals surface area contributed by atoms with Gasteiger partial charge in [-0.2, -0.15) is 0 Å². The second-order valence-electron chi connectivity index (χ2n) is 10.2. The normalized spacial score (nSPS) is 13.5. The Labute approximate surface area is 232 Å². The van der Waals surface area contributed by atoms with Crippen molar-refractivity contribution < 1.29 is 18.0 Å². The van der Waals surface area contributed by atoms with Crippen LogP contribution in [0.5, 0.6) is 0 Å². The highest BCUT2D eigenvalue weighted by atomic mass is 32.2. The summed E-state index contributed by atoms with van der Waals surface area (Å²) in [4.78, 5) is 32.8. The van der Waals surface area contributed by atoms with Crippen LogP contribution >= 0.6 is 11.3 Å². The van der Waals surface area contributed by atoms with Crippen molar-refractivity contribution >= 4 is 52.9 Å². The van der Waals surface area contributed by atoms with Gasteiger partial charge < -0.3 is 10.6 Å². The van der Waals surface area contributed by atoms with Crippen molar-refractivity contribution in [3.63, 3.8) is 0 Å². The van der Waals surface area contributed by atoms with Gasteiger partial charge in [-0.25, -0.2) is 27.8 Å². The summed E-state index contributed by atoms with van der Waals surface area (Å²) in [5.74, 6) is 4.34. The molecule has 1 amide bonds.